The Balaban J connectivity index is 1.69. The number of para-hydroxylation sites is 2. The van der Waals surface area contributed by atoms with Crippen molar-refractivity contribution in [3.05, 3.63) is 65.1 Å². The second kappa shape index (κ2) is 17.1. The molecule has 8 aromatic rings. The lowest BCUT2D eigenvalue weighted by Crippen LogP contribution is -2.56. The zero-order valence-electron chi connectivity index (χ0n) is 34.8. The monoisotopic (exact) mass is 776 g/mol. The Hall–Kier alpha value is -4.94. The highest BCUT2D eigenvalue weighted by Crippen LogP contribution is 2.44. The summed E-state index contributed by atoms with van der Waals surface area (Å²) in [4.78, 5) is 5.12. The Labute approximate surface area is 404 Å². The van der Waals surface area contributed by atoms with E-state index >= 15 is 0 Å². The van der Waals surface area contributed by atoms with Crippen LogP contribution < -0.4 is 87.4 Å². The van der Waals surface area contributed by atoms with Crippen LogP contribution in [0.4, 0.5) is 0 Å². The lowest BCUT2D eigenvalue weighted by Gasteiger charge is -2.31. The molecule has 0 aliphatic rings. The van der Waals surface area contributed by atoms with Crippen LogP contribution in [0.5, 0.6) is 0 Å². The summed E-state index contributed by atoms with van der Waals surface area (Å²) < 4.78 is 1.72. The molecule has 0 saturated carbocycles. The molecule has 21 heteroatoms. The lowest BCUT2D eigenvalue weighted by atomic mass is 9.57. The maximum absolute atomic E-state index is 7.12. The maximum atomic E-state index is 7.12. The zero-order chi connectivity index (χ0) is 47.4. The van der Waals surface area contributed by atoms with E-state index in [4.69, 9.17) is 160 Å². The second-order valence-electron chi connectivity index (χ2n) is 15.4. The molecule has 0 saturated heterocycles. The van der Waals surface area contributed by atoms with Gasteiger partial charge in [0, 0.05) is 16.8 Å². The SMILES string of the molecule is [B]C/C([B])=C(/[B])c1c([B])c([B])c([B])c(-c2c3c([B])c([B])c([B])c([B])c3c(-c3ccccc3-c3nc4ccccc4n3-c3c([B])c([B])c([B])c([B])c3[B])c3c([B])c([B])c([B])c([B])c23)c1C#C. The number of terminal acetylenes is 1. The van der Waals surface area contributed by atoms with Gasteiger partial charge in [0.2, 0.25) is 0 Å². The molecule has 38 radical (unpaired) electrons. The number of imidazole rings is 1. The van der Waals surface area contributed by atoms with E-state index in [0.717, 1.165) is 0 Å². The summed E-state index contributed by atoms with van der Waals surface area (Å²) >= 11 is 0. The number of hydrogen-bond donors (Lipinski definition) is 0. The molecule has 65 heavy (non-hydrogen) atoms. The highest BCUT2D eigenvalue weighted by molar-refractivity contribution is 6.73. The van der Waals surface area contributed by atoms with Gasteiger partial charge in [0.15, 0.2) is 0 Å². The van der Waals surface area contributed by atoms with E-state index in [1.54, 1.807) is 34.9 Å². The van der Waals surface area contributed by atoms with Crippen LogP contribution in [0.2, 0.25) is 6.32 Å². The summed E-state index contributed by atoms with van der Waals surface area (Å²) in [6.07, 6.45) is 6.17. The molecule has 2 nitrogen and oxygen atoms in total. The minimum atomic E-state index is -0.167. The van der Waals surface area contributed by atoms with Crippen molar-refractivity contribution in [1.29, 1.82) is 0 Å². The summed E-state index contributed by atoms with van der Waals surface area (Å²) in [7, 11) is 127. The Bertz CT molecular complexity index is 3420. The molecule has 0 spiro atoms. The van der Waals surface area contributed by atoms with Gasteiger partial charge in [0.1, 0.15) is 147 Å². The van der Waals surface area contributed by atoms with Gasteiger partial charge in [-0.1, -0.05) is 92.3 Å². The van der Waals surface area contributed by atoms with Crippen LogP contribution in [0.1, 0.15) is 11.1 Å². The third-order valence-electron chi connectivity index (χ3n) is 12.1. The number of aromatic nitrogens is 2. The number of rotatable bonds is 6. The smallest absolute Gasteiger partial charge is 0.146 e. The molecular formula is C44H11B19N2. The van der Waals surface area contributed by atoms with Crippen molar-refractivity contribution in [2.24, 2.45) is 0 Å². The van der Waals surface area contributed by atoms with Crippen LogP contribution in [0, 0.1) is 12.3 Å². The van der Waals surface area contributed by atoms with Gasteiger partial charge >= 0.3 is 0 Å². The van der Waals surface area contributed by atoms with E-state index in [-0.39, 0.29) is 154 Å². The van der Waals surface area contributed by atoms with Gasteiger partial charge in [0.25, 0.3) is 0 Å². The first-order valence-corrected chi connectivity index (χ1v) is 19.5. The summed E-state index contributed by atoms with van der Waals surface area (Å²) in [5, 5.41) is 0.698. The molecule has 0 atom stereocenters. The fourth-order valence-corrected chi connectivity index (χ4v) is 8.63. The molecule has 0 aliphatic heterocycles. The summed E-state index contributed by atoms with van der Waals surface area (Å²) in [5.74, 6) is 2.97. The summed E-state index contributed by atoms with van der Waals surface area (Å²) in [5.41, 5.74) is 2.06. The molecule has 7 aromatic carbocycles. The Morgan fingerprint density at radius 2 is 0.892 bits per heavy atom. The van der Waals surface area contributed by atoms with Gasteiger partial charge < -0.3 is 0 Å². The predicted octanol–water partition coefficient (Wildman–Crippen LogP) is -9.39. The first-order chi connectivity index (χ1) is 30.7. The molecule has 254 valence electrons. The van der Waals surface area contributed by atoms with E-state index in [1.165, 1.54) is 0 Å². The fraction of sp³-hybridized carbons (Fsp3) is 0.0227. The van der Waals surface area contributed by atoms with Crippen LogP contribution in [0.3, 0.4) is 0 Å². The molecule has 0 unspecified atom stereocenters. The van der Waals surface area contributed by atoms with Gasteiger partial charge in [-0.2, -0.15) is 0 Å². The summed E-state index contributed by atoms with van der Waals surface area (Å²) in [6.45, 7) is 0. The van der Waals surface area contributed by atoms with Crippen LogP contribution in [0.15, 0.2) is 54.0 Å². The molecule has 0 aliphatic carbocycles. The molecular weight excluding hydrogens is 762 g/mol. The van der Waals surface area contributed by atoms with Crippen molar-refractivity contribution in [1.82, 2.24) is 9.55 Å². The first kappa shape index (κ1) is 46.6. The minimum absolute atomic E-state index is 0.0175. The van der Waals surface area contributed by atoms with Crippen molar-refractivity contribution >= 4 is 275 Å². The molecule has 0 fully saturated rings. The van der Waals surface area contributed by atoms with E-state index in [1.807, 2.05) is 18.2 Å². The maximum Gasteiger partial charge on any atom is 0.146 e. The standard InChI is InChI=1S/C44H11B19N2/c1-2-12-19(27(48)33(54)28(49)20(12)26(47)15(46)11-45)21-24-22(29(50)34(55)36(57)31(24)52)18(23-25(21)32(53)37(58)35(56)30(23)51)13-7-3-4-8-14(13)44-64-16-9-5-6-10-17(16)65(44)43-41(62)39(60)38(59)40(61)42(43)63/h1,3-10H,11H2/b26-15-. The molecule has 0 amide bonds. The third-order valence-corrected chi connectivity index (χ3v) is 12.1. The number of hydrogen-bond acceptors (Lipinski definition) is 1. The third kappa shape index (κ3) is 6.73. The number of fused-ring (bicyclic) bond motifs is 3. The van der Waals surface area contributed by atoms with Crippen molar-refractivity contribution in [3.63, 3.8) is 0 Å². The average molecular weight is 773 g/mol. The molecule has 0 bridgehead atoms. The van der Waals surface area contributed by atoms with Crippen LogP contribution in [0.25, 0.3) is 77.4 Å². The molecule has 1 aromatic heterocycles. The van der Waals surface area contributed by atoms with Crippen LogP contribution >= 0.6 is 0 Å². The summed E-state index contributed by atoms with van der Waals surface area (Å²) in [6, 6.07) is 14.4. The molecule has 0 N–H and O–H groups in total. The van der Waals surface area contributed by atoms with Crippen molar-refractivity contribution in [2.45, 2.75) is 6.32 Å². The Morgan fingerprint density at radius 3 is 1.38 bits per heavy atom. The topological polar surface area (TPSA) is 17.8 Å². The Kier molecular flexibility index (Phi) is 12.2. The van der Waals surface area contributed by atoms with E-state index < -0.39 is 0 Å². The number of allylic oxidation sites excluding steroid dienone is 1. The average Bonchev–Trinajstić information content (AvgIpc) is 3.69. The number of nitrogens with zero attached hydrogens (tertiary/aromatic N) is 2. The van der Waals surface area contributed by atoms with E-state index in [2.05, 4.69) is 5.92 Å². The van der Waals surface area contributed by atoms with Gasteiger partial charge in [-0.15, -0.1) is 61.1 Å². The van der Waals surface area contributed by atoms with Crippen LogP contribution in [-0.2, 0) is 0 Å². The van der Waals surface area contributed by atoms with Gasteiger partial charge in [-0.05, 0) is 61.5 Å². The van der Waals surface area contributed by atoms with Crippen molar-refractivity contribution in [2.75, 3.05) is 0 Å². The highest BCUT2D eigenvalue weighted by Gasteiger charge is 2.30. The van der Waals surface area contributed by atoms with Crippen molar-refractivity contribution in [3.8, 4) is 51.7 Å². The largest absolute Gasteiger partial charge is 0.294 e. The predicted molar refractivity (Wildman–Crippen MR) is 296 cm³/mol. The minimum Gasteiger partial charge on any atom is -0.294 e. The highest BCUT2D eigenvalue weighted by atomic mass is 15.1. The quantitative estimate of drug-likeness (QED) is 0.0935. The normalized spacial score (nSPS) is 11.9. The molecule has 8 rings (SSSR count). The lowest BCUT2D eigenvalue weighted by molar-refractivity contribution is 1.12. The first-order valence-electron chi connectivity index (χ1n) is 19.5. The van der Waals surface area contributed by atoms with Gasteiger partial charge in [-0.25, -0.2) is 4.98 Å². The second-order valence-corrected chi connectivity index (χ2v) is 15.4. The van der Waals surface area contributed by atoms with Crippen LogP contribution in [-0.4, -0.2) is 159 Å². The number of benzene rings is 7. The van der Waals surface area contributed by atoms with Gasteiger partial charge in [-0.3, -0.25) is 4.57 Å². The fourth-order valence-electron chi connectivity index (χ4n) is 8.63. The van der Waals surface area contributed by atoms with Crippen molar-refractivity contribution < 1.29 is 0 Å². The Morgan fingerprint density at radius 1 is 0.477 bits per heavy atom. The zero-order valence-corrected chi connectivity index (χ0v) is 34.8. The van der Waals surface area contributed by atoms with E-state index in [0.29, 0.717) is 33.5 Å². The van der Waals surface area contributed by atoms with Gasteiger partial charge in [0.05, 0.1) is 18.9 Å². The molecule has 1 heterocycles. The van der Waals surface area contributed by atoms with E-state index in [9.17, 15) is 0 Å².